The lowest BCUT2D eigenvalue weighted by molar-refractivity contribution is -0.891. The van der Waals surface area contributed by atoms with Crippen LogP contribution < -0.4 is 17.1 Å². The van der Waals surface area contributed by atoms with Gasteiger partial charge in [-0.1, -0.05) is 79.7 Å². The highest BCUT2D eigenvalue weighted by Gasteiger charge is 2.36. The molecule has 0 aliphatic heterocycles. The minimum Gasteiger partial charge on any atom is -0.462 e. The maximum atomic E-state index is 13.9. The Balaban J connectivity index is 2.27. The van der Waals surface area contributed by atoms with E-state index in [-0.39, 0.29) is 44.0 Å². The number of aliphatic hydroxyl groups excluding tert-OH is 1. The second-order valence-corrected chi connectivity index (χ2v) is 16.5. The maximum Gasteiger partial charge on any atom is 0.336 e. The van der Waals surface area contributed by atoms with Gasteiger partial charge in [0.2, 0.25) is 0 Å². The van der Waals surface area contributed by atoms with Crippen LogP contribution in [0.2, 0.25) is 0 Å². The number of benzene rings is 1. The molecule has 10 heteroatoms. The molecule has 0 amide bonds. The highest BCUT2D eigenvalue weighted by atomic mass is 16.5. The summed E-state index contributed by atoms with van der Waals surface area (Å²) in [7, 11) is 4.03. The monoisotopic (exact) mass is 702 g/mol. The van der Waals surface area contributed by atoms with Gasteiger partial charge in [-0.25, -0.2) is 28.1 Å². The quantitative estimate of drug-likeness (QED) is 0.126. The van der Waals surface area contributed by atoms with E-state index >= 15 is 0 Å². The van der Waals surface area contributed by atoms with Gasteiger partial charge in [0.05, 0.1) is 26.1 Å². The van der Waals surface area contributed by atoms with Crippen LogP contribution in [0.3, 0.4) is 0 Å². The molecule has 0 radical (unpaired) electrons. The van der Waals surface area contributed by atoms with Gasteiger partial charge in [0.1, 0.15) is 19.3 Å². The topological polar surface area (TPSA) is 113 Å². The molecule has 1 N–H and O–H groups in total. The lowest BCUT2D eigenvalue weighted by Crippen LogP contribution is -2.56. The molecule has 0 spiro atoms. The largest absolute Gasteiger partial charge is 0.462 e. The van der Waals surface area contributed by atoms with Gasteiger partial charge in [0.25, 0.3) is 0 Å². The van der Waals surface area contributed by atoms with Crippen molar-refractivity contribution >= 4 is 5.97 Å². The summed E-state index contributed by atoms with van der Waals surface area (Å²) in [5.41, 5.74) is -0.00680. The SMILES string of the molecule is CCC(C)c1cccc(C(C)CCC(C)Cn2c(=O)n(CC(C)C)c(=O)n(CC(C)CC(C)(CC)C(=O)OCC(O)C[N+](C)(C)CC)c2=O)c1. The van der Waals surface area contributed by atoms with Crippen LogP contribution in [0.25, 0.3) is 0 Å². The van der Waals surface area contributed by atoms with E-state index in [0.717, 1.165) is 25.8 Å². The lowest BCUT2D eigenvalue weighted by Gasteiger charge is -2.32. The number of ether oxygens (including phenoxy) is 1. The molecule has 10 nitrogen and oxygen atoms in total. The Morgan fingerprint density at radius 3 is 1.84 bits per heavy atom. The first kappa shape index (κ1) is 43.2. The Kier molecular flexibility index (Phi) is 16.4. The van der Waals surface area contributed by atoms with Crippen LogP contribution >= 0.6 is 0 Å². The average Bonchev–Trinajstić information content (AvgIpc) is 3.07. The van der Waals surface area contributed by atoms with Crippen LogP contribution in [0.15, 0.2) is 38.6 Å². The second kappa shape index (κ2) is 19.0. The molecule has 1 aromatic heterocycles. The van der Waals surface area contributed by atoms with Crippen molar-refractivity contribution in [3.05, 3.63) is 66.8 Å². The number of esters is 1. The Bertz CT molecular complexity index is 1560. The number of likely N-dealkylation sites (N-methyl/N-ethyl adjacent to an activating group) is 1. The number of carbonyl (C=O) groups excluding carboxylic acids is 1. The molecule has 0 saturated heterocycles. The van der Waals surface area contributed by atoms with Crippen molar-refractivity contribution in [2.75, 3.05) is 33.8 Å². The summed E-state index contributed by atoms with van der Waals surface area (Å²) in [6.45, 7) is 22.0. The predicted octanol–water partition coefficient (Wildman–Crippen LogP) is 6.00. The number of carbonyl (C=O) groups is 1. The van der Waals surface area contributed by atoms with E-state index in [1.54, 1.807) is 0 Å². The zero-order valence-corrected chi connectivity index (χ0v) is 33.3. The van der Waals surface area contributed by atoms with E-state index in [0.29, 0.717) is 35.7 Å². The van der Waals surface area contributed by atoms with Crippen LogP contribution in [-0.4, -0.2) is 69.2 Å². The summed E-state index contributed by atoms with van der Waals surface area (Å²) >= 11 is 0. The first-order valence-corrected chi connectivity index (χ1v) is 19.0. The number of hydrogen-bond acceptors (Lipinski definition) is 6. The molecule has 284 valence electrons. The molecule has 1 aromatic carbocycles. The molecule has 0 aliphatic rings. The predicted molar refractivity (Wildman–Crippen MR) is 203 cm³/mol. The van der Waals surface area contributed by atoms with Crippen LogP contribution in [0.4, 0.5) is 0 Å². The summed E-state index contributed by atoms with van der Waals surface area (Å²) in [6, 6.07) is 8.79. The van der Waals surface area contributed by atoms with Crippen molar-refractivity contribution in [3.63, 3.8) is 0 Å². The van der Waals surface area contributed by atoms with E-state index in [4.69, 9.17) is 4.74 Å². The van der Waals surface area contributed by atoms with Gasteiger partial charge in [0.15, 0.2) is 0 Å². The molecule has 0 fully saturated rings. The van der Waals surface area contributed by atoms with Crippen LogP contribution in [0.5, 0.6) is 0 Å². The minimum absolute atomic E-state index is 0.0249. The number of aliphatic hydroxyl groups is 1. The van der Waals surface area contributed by atoms with Gasteiger partial charge in [-0.15, -0.1) is 0 Å². The molecule has 0 bridgehead atoms. The summed E-state index contributed by atoms with van der Waals surface area (Å²) in [5.74, 6) is 0.239. The summed E-state index contributed by atoms with van der Waals surface area (Å²) in [5, 5.41) is 10.5. The summed E-state index contributed by atoms with van der Waals surface area (Å²) in [4.78, 5) is 54.5. The Labute approximate surface area is 301 Å². The average molecular weight is 702 g/mol. The molecule has 6 atom stereocenters. The van der Waals surface area contributed by atoms with Crippen molar-refractivity contribution in [2.45, 2.75) is 139 Å². The van der Waals surface area contributed by atoms with E-state index in [1.807, 2.05) is 55.6 Å². The molecule has 0 saturated carbocycles. The fourth-order valence-electron chi connectivity index (χ4n) is 6.64. The van der Waals surface area contributed by atoms with Crippen LogP contribution in [-0.2, 0) is 29.2 Å². The zero-order valence-electron chi connectivity index (χ0n) is 33.3. The normalized spacial score (nSPS) is 16.4. The van der Waals surface area contributed by atoms with Crippen molar-refractivity contribution in [1.82, 2.24) is 13.7 Å². The highest BCUT2D eigenvalue weighted by Crippen LogP contribution is 2.32. The molecule has 2 rings (SSSR count). The molecule has 0 aliphatic carbocycles. The van der Waals surface area contributed by atoms with Gasteiger partial charge >= 0.3 is 23.0 Å². The molecule has 2 aromatic rings. The third-order valence-corrected chi connectivity index (χ3v) is 10.7. The van der Waals surface area contributed by atoms with E-state index in [2.05, 4.69) is 52.0 Å². The number of nitrogens with zero attached hydrogens (tertiary/aromatic N) is 4. The molecule has 50 heavy (non-hydrogen) atoms. The van der Waals surface area contributed by atoms with Gasteiger partial charge < -0.3 is 14.3 Å². The maximum absolute atomic E-state index is 13.9. The molecule has 1 heterocycles. The van der Waals surface area contributed by atoms with E-state index < -0.39 is 34.6 Å². The summed E-state index contributed by atoms with van der Waals surface area (Å²) < 4.78 is 9.82. The van der Waals surface area contributed by atoms with Crippen molar-refractivity contribution in [1.29, 1.82) is 0 Å². The van der Waals surface area contributed by atoms with Crippen LogP contribution in [0, 0.1) is 23.2 Å². The van der Waals surface area contributed by atoms with Gasteiger partial charge in [-0.05, 0) is 86.7 Å². The Morgan fingerprint density at radius 1 is 0.820 bits per heavy atom. The van der Waals surface area contributed by atoms with Crippen molar-refractivity contribution in [2.24, 2.45) is 23.2 Å². The van der Waals surface area contributed by atoms with E-state index in [9.17, 15) is 24.3 Å². The van der Waals surface area contributed by atoms with Crippen LogP contribution in [0.1, 0.15) is 124 Å². The molecular formula is C40H69N4O6+. The first-order chi connectivity index (χ1) is 23.3. The zero-order chi connectivity index (χ0) is 38.0. The van der Waals surface area contributed by atoms with E-state index in [1.165, 1.54) is 24.8 Å². The Morgan fingerprint density at radius 2 is 1.34 bits per heavy atom. The fourth-order valence-corrected chi connectivity index (χ4v) is 6.64. The Hall–Kier alpha value is -2.98. The summed E-state index contributed by atoms with van der Waals surface area (Å²) in [6.07, 6.45) is 2.91. The minimum atomic E-state index is -0.872. The van der Waals surface area contributed by atoms with Gasteiger partial charge in [-0.3, -0.25) is 4.79 Å². The lowest BCUT2D eigenvalue weighted by atomic mass is 9.79. The standard InChI is InChI=1S/C40H69N4O6/c1-13-31(8)33-17-16-18-34(21-33)32(9)20-19-29(6)24-42-37(47)41(23-28(4)5)38(48)43(39(42)49)25-30(7)22-40(10,14-2)36(46)50-27-35(45)26-44(11,12)15-3/h16-18,21,28-32,35,45H,13-15,19-20,22-27H2,1-12H3/q+1. The number of hydrogen-bond donors (Lipinski definition) is 1. The fraction of sp³-hybridized carbons (Fsp3) is 0.750. The first-order valence-electron chi connectivity index (χ1n) is 19.0. The van der Waals surface area contributed by atoms with Crippen molar-refractivity contribution in [3.8, 4) is 0 Å². The van der Waals surface area contributed by atoms with Gasteiger partial charge in [0, 0.05) is 19.6 Å². The highest BCUT2D eigenvalue weighted by molar-refractivity contribution is 5.76. The third kappa shape index (κ3) is 12.1. The molecule has 6 unspecified atom stereocenters. The second-order valence-electron chi connectivity index (χ2n) is 16.5. The number of aromatic nitrogens is 3. The smallest absolute Gasteiger partial charge is 0.336 e. The molecular weight excluding hydrogens is 632 g/mol. The number of quaternary nitrogens is 1. The third-order valence-electron chi connectivity index (χ3n) is 10.7. The number of rotatable bonds is 21. The van der Waals surface area contributed by atoms with Gasteiger partial charge in [-0.2, -0.15) is 0 Å². The van der Waals surface area contributed by atoms with Crippen molar-refractivity contribution < 1.29 is 19.1 Å².